The molecule has 2 heteroatoms. The fraction of sp³-hybridized carbons (Fsp3) is 0.333. The summed E-state index contributed by atoms with van der Waals surface area (Å²) in [6, 6.07) is 8.31. The second kappa shape index (κ2) is 5.46. The molecular formula is C18H19NO. The molecule has 2 atom stereocenters. The monoisotopic (exact) mass is 265 g/mol. The van der Waals surface area contributed by atoms with Gasteiger partial charge in [0.1, 0.15) is 0 Å². The van der Waals surface area contributed by atoms with Crippen molar-refractivity contribution in [3.63, 3.8) is 0 Å². The van der Waals surface area contributed by atoms with Gasteiger partial charge < -0.3 is 4.79 Å². The first-order valence-electron chi connectivity index (χ1n) is 6.84. The van der Waals surface area contributed by atoms with E-state index < -0.39 is 0 Å². The van der Waals surface area contributed by atoms with Crippen LogP contribution in [-0.2, 0) is 4.79 Å². The Kier molecular flexibility index (Phi) is 3.90. The summed E-state index contributed by atoms with van der Waals surface area (Å²) in [5.74, 6) is -0.113. The van der Waals surface area contributed by atoms with Crippen molar-refractivity contribution in [3.05, 3.63) is 64.7 Å². The van der Waals surface area contributed by atoms with Crippen molar-refractivity contribution in [3.8, 4) is 0 Å². The minimum Gasteiger partial charge on any atom is -0.308 e. The van der Waals surface area contributed by atoms with E-state index in [1.54, 1.807) is 0 Å². The lowest BCUT2D eigenvalue weighted by Gasteiger charge is -2.30. The van der Waals surface area contributed by atoms with Gasteiger partial charge in [-0.3, -0.25) is 0 Å². The van der Waals surface area contributed by atoms with Gasteiger partial charge in [-0.25, -0.2) is 4.85 Å². The number of ketones is 1. The number of Topliss-reactive ketones (excluding diaryl/α,β-unsaturated/α-hetero) is 1. The molecule has 1 aromatic rings. The normalized spacial score (nSPS) is 26.4. The predicted octanol–water partition coefficient (Wildman–Crippen LogP) is 4.43. The molecule has 0 N–H and O–H groups in total. The Bertz CT molecular complexity index is 616. The van der Waals surface area contributed by atoms with Gasteiger partial charge in [0.05, 0.1) is 6.57 Å². The molecule has 0 fully saturated rings. The van der Waals surface area contributed by atoms with Crippen LogP contribution in [-0.4, -0.2) is 5.78 Å². The molecule has 1 unspecified atom stereocenters. The highest BCUT2D eigenvalue weighted by Gasteiger charge is 2.33. The summed E-state index contributed by atoms with van der Waals surface area (Å²) >= 11 is 0. The van der Waals surface area contributed by atoms with Crippen LogP contribution in [0.1, 0.15) is 31.4 Å². The summed E-state index contributed by atoms with van der Waals surface area (Å²) < 4.78 is 0. The largest absolute Gasteiger partial charge is 0.308 e. The lowest BCUT2D eigenvalue weighted by atomic mass is 9.74. The quantitative estimate of drug-likeness (QED) is 0.725. The Morgan fingerprint density at radius 2 is 2.00 bits per heavy atom. The van der Waals surface area contributed by atoms with Crippen LogP contribution in [0.4, 0.5) is 0 Å². The van der Waals surface area contributed by atoms with Gasteiger partial charge in [-0.1, -0.05) is 61.9 Å². The average Bonchev–Trinajstić information content (AvgIpc) is 2.42. The van der Waals surface area contributed by atoms with Crippen LogP contribution in [0.3, 0.4) is 0 Å². The van der Waals surface area contributed by atoms with Gasteiger partial charge in [0.2, 0.25) is 5.70 Å². The second-order valence-electron chi connectivity index (χ2n) is 5.86. The Morgan fingerprint density at radius 3 is 2.60 bits per heavy atom. The number of nitrogens with zero attached hydrogens (tertiary/aromatic N) is 1. The minimum atomic E-state index is -0.224. The second-order valence-corrected chi connectivity index (χ2v) is 5.86. The van der Waals surface area contributed by atoms with Crippen LogP contribution in [0.5, 0.6) is 0 Å². The third-order valence-corrected chi connectivity index (χ3v) is 3.77. The zero-order valence-electron chi connectivity index (χ0n) is 12.2. The van der Waals surface area contributed by atoms with Gasteiger partial charge in [-0.2, -0.15) is 0 Å². The standard InChI is InChI=1S/C18H19NO/c1-13-5-7-15(8-6-13)9-10-18(3)11-14(2)17(20)16(12-18)19-4/h5-10,12,14H,11H2,1-3H3/b10-9+/t14?,18-/m1/s1. The Hall–Kier alpha value is -2.14. The molecular weight excluding hydrogens is 246 g/mol. The highest BCUT2D eigenvalue weighted by molar-refractivity contribution is 5.99. The first-order chi connectivity index (χ1) is 9.43. The molecule has 102 valence electrons. The summed E-state index contributed by atoms with van der Waals surface area (Å²) in [5.41, 5.74) is 2.43. The number of benzene rings is 1. The molecule has 20 heavy (non-hydrogen) atoms. The van der Waals surface area contributed by atoms with Gasteiger partial charge >= 0.3 is 0 Å². The Balaban J connectivity index is 2.27. The number of carbonyl (C=O) groups excluding carboxylic acids is 1. The van der Waals surface area contributed by atoms with Crippen LogP contribution >= 0.6 is 0 Å². The molecule has 0 aromatic heterocycles. The fourth-order valence-corrected chi connectivity index (χ4v) is 2.61. The van der Waals surface area contributed by atoms with Gasteiger partial charge in [-0.15, -0.1) is 0 Å². The topological polar surface area (TPSA) is 21.4 Å². The van der Waals surface area contributed by atoms with Crippen LogP contribution in [0.15, 0.2) is 42.1 Å². The summed E-state index contributed by atoms with van der Waals surface area (Å²) in [4.78, 5) is 15.2. The zero-order valence-corrected chi connectivity index (χ0v) is 12.2. The Labute approximate surface area is 120 Å². The van der Waals surface area contributed by atoms with Gasteiger partial charge in [0.15, 0.2) is 5.78 Å². The fourth-order valence-electron chi connectivity index (χ4n) is 2.61. The number of allylic oxidation sites excluding steroid dienone is 3. The van der Waals surface area contributed by atoms with Crippen LogP contribution in [0.25, 0.3) is 10.9 Å². The van der Waals surface area contributed by atoms with Crippen molar-refractivity contribution in [1.82, 2.24) is 0 Å². The van der Waals surface area contributed by atoms with Crippen LogP contribution < -0.4 is 0 Å². The zero-order chi connectivity index (χ0) is 14.8. The highest BCUT2D eigenvalue weighted by atomic mass is 16.1. The molecule has 0 radical (unpaired) electrons. The van der Waals surface area contributed by atoms with E-state index >= 15 is 0 Å². The van der Waals surface area contributed by atoms with E-state index in [4.69, 9.17) is 6.57 Å². The predicted molar refractivity (Wildman–Crippen MR) is 81.8 cm³/mol. The summed E-state index contributed by atoms with van der Waals surface area (Å²) in [7, 11) is 0. The molecule has 0 amide bonds. The highest BCUT2D eigenvalue weighted by Crippen LogP contribution is 2.37. The van der Waals surface area contributed by atoms with Crippen molar-refractivity contribution in [2.45, 2.75) is 27.2 Å². The number of rotatable bonds is 2. The molecule has 0 saturated heterocycles. The Morgan fingerprint density at radius 1 is 1.35 bits per heavy atom. The van der Waals surface area contributed by atoms with E-state index in [0.717, 1.165) is 12.0 Å². The van der Waals surface area contributed by atoms with Crippen molar-refractivity contribution >= 4 is 11.9 Å². The lowest BCUT2D eigenvalue weighted by Crippen LogP contribution is -2.27. The third kappa shape index (κ3) is 3.05. The molecule has 1 aromatic carbocycles. The van der Waals surface area contributed by atoms with Crippen LogP contribution in [0, 0.1) is 24.8 Å². The molecule has 2 nitrogen and oxygen atoms in total. The number of hydrogen-bond donors (Lipinski definition) is 0. The molecule has 0 aliphatic heterocycles. The van der Waals surface area contributed by atoms with Crippen molar-refractivity contribution in [2.75, 3.05) is 0 Å². The maximum absolute atomic E-state index is 11.8. The number of hydrogen-bond acceptors (Lipinski definition) is 1. The summed E-state index contributed by atoms with van der Waals surface area (Å²) in [6.45, 7) is 13.2. The molecule has 0 spiro atoms. The molecule has 0 saturated carbocycles. The number of carbonyl (C=O) groups is 1. The maximum atomic E-state index is 11.8. The molecule has 1 aliphatic carbocycles. The van der Waals surface area contributed by atoms with E-state index in [1.165, 1.54) is 5.56 Å². The molecule has 2 rings (SSSR count). The van der Waals surface area contributed by atoms with E-state index in [0.29, 0.717) is 0 Å². The minimum absolute atomic E-state index is 0.0267. The van der Waals surface area contributed by atoms with Crippen molar-refractivity contribution in [1.29, 1.82) is 0 Å². The molecule has 1 aliphatic rings. The summed E-state index contributed by atoms with van der Waals surface area (Å²) in [6.07, 6.45) is 6.74. The first kappa shape index (κ1) is 14.3. The van der Waals surface area contributed by atoms with Crippen molar-refractivity contribution < 1.29 is 4.79 Å². The van der Waals surface area contributed by atoms with E-state index in [2.05, 4.69) is 55.1 Å². The SMILES string of the molecule is [C-]#[N+]C1=C[C@](C)(/C=C/c2ccc(C)cc2)CC(C)C1=O. The molecule has 0 heterocycles. The smallest absolute Gasteiger partial charge is 0.226 e. The van der Waals surface area contributed by atoms with Gasteiger partial charge in [0, 0.05) is 5.92 Å². The van der Waals surface area contributed by atoms with Crippen LogP contribution in [0.2, 0.25) is 0 Å². The average molecular weight is 265 g/mol. The van der Waals surface area contributed by atoms with E-state index in [1.807, 2.05) is 13.0 Å². The summed E-state index contributed by atoms with van der Waals surface area (Å²) in [5, 5.41) is 0. The first-order valence-corrected chi connectivity index (χ1v) is 6.84. The molecule has 0 bridgehead atoms. The maximum Gasteiger partial charge on any atom is 0.226 e. The van der Waals surface area contributed by atoms with Gasteiger partial charge in [0.25, 0.3) is 0 Å². The van der Waals surface area contributed by atoms with Gasteiger partial charge in [-0.05, 0) is 24.3 Å². The van der Waals surface area contributed by atoms with E-state index in [-0.39, 0.29) is 22.8 Å². The van der Waals surface area contributed by atoms with Crippen molar-refractivity contribution in [2.24, 2.45) is 11.3 Å². The lowest BCUT2D eigenvalue weighted by molar-refractivity contribution is -0.119. The number of aryl methyl sites for hydroxylation is 1. The third-order valence-electron chi connectivity index (χ3n) is 3.77. The van der Waals surface area contributed by atoms with E-state index in [9.17, 15) is 4.79 Å².